The van der Waals surface area contributed by atoms with Crippen molar-refractivity contribution in [2.24, 2.45) is 0 Å². The van der Waals surface area contributed by atoms with Crippen LogP contribution in [0.3, 0.4) is 0 Å². The summed E-state index contributed by atoms with van der Waals surface area (Å²) in [5, 5.41) is 17.9. The summed E-state index contributed by atoms with van der Waals surface area (Å²) in [6.45, 7) is 4.59. The van der Waals surface area contributed by atoms with Crippen LogP contribution < -0.4 is 0 Å². The fourth-order valence-electron chi connectivity index (χ4n) is 1.07. The Balaban J connectivity index is 0. The molecule has 110 valence electrons. The van der Waals surface area contributed by atoms with Crippen molar-refractivity contribution in [3.63, 3.8) is 0 Å². The molecule has 0 aromatic heterocycles. The molecular formula is C10H20N2NiO4S. The molecule has 0 spiro atoms. The quantitative estimate of drug-likeness (QED) is 0.530. The van der Waals surface area contributed by atoms with E-state index >= 15 is 0 Å². The molecule has 0 aromatic carbocycles. The number of carboxylic acid groups (broad SMARTS) is 2. The van der Waals surface area contributed by atoms with Gasteiger partial charge in [-0.05, 0) is 12.8 Å². The van der Waals surface area contributed by atoms with E-state index in [-0.39, 0.29) is 16.5 Å². The van der Waals surface area contributed by atoms with Crippen molar-refractivity contribution < 1.29 is 36.3 Å². The van der Waals surface area contributed by atoms with Gasteiger partial charge in [-0.1, -0.05) is 26.7 Å². The number of hydrogen-bond donors (Lipinski definition) is 2. The molecule has 0 aliphatic heterocycles. The van der Waals surface area contributed by atoms with Crippen LogP contribution in [0.2, 0.25) is 0 Å². The van der Waals surface area contributed by atoms with Crippen LogP contribution in [0.1, 0.15) is 39.5 Å². The first-order chi connectivity index (χ1) is 8.02. The molecule has 0 rings (SSSR count). The number of rotatable bonds is 8. The molecule has 0 heterocycles. The summed E-state index contributed by atoms with van der Waals surface area (Å²) in [6.07, 6.45) is 0.970. The summed E-state index contributed by atoms with van der Waals surface area (Å²) in [6, 6.07) is 0. The molecule has 0 saturated carbocycles. The molecule has 2 N–H and O–H groups in total. The van der Waals surface area contributed by atoms with Crippen molar-refractivity contribution in [3.8, 4) is 0 Å². The molecule has 8 heteroatoms. The summed E-state index contributed by atoms with van der Waals surface area (Å²) < 4.78 is 2.13. The van der Waals surface area contributed by atoms with Gasteiger partial charge in [-0.15, -0.1) is 0 Å². The zero-order chi connectivity index (χ0) is 13.3. The Morgan fingerprint density at radius 1 is 0.944 bits per heavy atom. The number of amides is 2. The molecule has 18 heavy (non-hydrogen) atoms. The Morgan fingerprint density at radius 2 is 1.28 bits per heavy atom. The Bertz CT molecular complexity index is 232. The zero-order valence-corrected chi connectivity index (χ0v) is 12.4. The van der Waals surface area contributed by atoms with Gasteiger partial charge in [0.15, 0.2) is 0 Å². The van der Waals surface area contributed by atoms with Crippen LogP contribution >= 0.6 is 12.1 Å². The summed E-state index contributed by atoms with van der Waals surface area (Å²) in [7, 11) is 0. The Morgan fingerprint density at radius 3 is 1.50 bits per heavy atom. The van der Waals surface area contributed by atoms with Crippen molar-refractivity contribution in [2.45, 2.75) is 39.5 Å². The number of nitrogens with zero attached hydrogens (tertiary/aromatic N) is 2. The van der Waals surface area contributed by atoms with Crippen LogP contribution in [0.5, 0.6) is 0 Å². The fourth-order valence-corrected chi connectivity index (χ4v) is 1.86. The van der Waals surface area contributed by atoms with Crippen molar-refractivity contribution in [3.05, 3.63) is 0 Å². The van der Waals surface area contributed by atoms with E-state index in [2.05, 4.69) is 0 Å². The van der Waals surface area contributed by atoms with Crippen LogP contribution in [-0.2, 0) is 16.5 Å². The number of carbonyl (C=O) groups is 2. The maximum atomic E-state index is 10.9. The summed E-state index contributed by atoms with van der Waals surface area (Å²) in [5.74, 6) is 0. The van der Waals surface area contributed by atoms with Gasteiger partial charge in [-0.25, -0.2) is 18.2 Å². The molecule has 0 unspecified atom stereocenters. The van der Waals surface area contributed by atoms with E-state index in [1.807, 2.05) is 13.8 Å². The van der Waals surface area contributed by atoms with Crippen LogP contribution in [0, 0.1) is 0 Å². The van der Waals surface area contributed by atoms with Crippen LogP contribution in [0.15, 0.2) is 0 Å². The Kier molecular flexibility index (Phi) is 12.6. The molecule has 0 fully saturated rings. The SMILES string of the molecule is CCCCN(SN(CCCC)C(=O)O)C(=O)O.[Ni]. The molecule has 0 aliphatic rings. The Hall–Kier alpha value is -0.616. The third-order valence-electron chi connectivity index (χ3n) is 2.05. The van der Waals surface area contributed by atoms with Crippen LogP contribution in [-0.4, -0.2) is 44.1 Å². The molecule has 0 saturated heterocycles. The van der Waals surface area contributed by atoms with Crippen molar-refractivity contribution in [1.82, 2.24) is 8.61 Å². The third-order valence-corrected chi connectivity index (χ3v) is 3.13. The number of hydrogen-bond acceptors (Lipinski definition) is 3. The second-order valence-corrected chi connectivity index (χ2v) is 4.60. The first-order valence-corrected chi connectivity index (χ1v) is 6.44. The average Bonchev–Trinajstić information content (AvgIpc) is 2.27. The van der Waals surface area contributed by atoms with Gasteiger partial charge in [-0.3, -0.25) is 0 Å². The van der Waals surface area contributed by atoms with E-state index in [1.165, 1.54) is 0 Å². The second-order valence-electron chi connectivity index (χ2n) is 3.56. The van der Waals surface area contributed by atoms with Crippen molar-refractivity contribution >= 4 is 24.3 Å². The monoisotopic (exact) mass is 322 g/mol. The minimum atomic E-state index is -1.11. The normalized spacial score (nSPS) is 9.44. The first-order valence-electron chi connectivity index (χ1n) is 5.71. The van der Waals surface area contributed by atoms with E-state index in [4.69, 9.17) is 10.2 Å². The van der Waals surface area contributed by atoms with Crippen LogP contribution in [0.4, 0.5) is 9.59 Å². The largest absolute Gasteiger partial charge is 0.464 e. The number of unbranched alkanes of at least 4 members (excludes halogenated alkanes) is 2. The summed E-state index contributed by atoms with van der Waals surface area (Å²) in [5.41, 5.74) is 0. The standard InChI is InChI=1S/C10H20N2O4S.Ni/c1-3-5-7-11(9(13)14)17-12(10(15)16)8-6-4-2;/h3-8H2,1-2H3,(H,13,14)(H,15,16);. The first kappa shape index (κ1) is 19.7. The van der Waals surface area contributed by atoms with E-state index in [1.54, 1.807) is 0 Å². The smallest absolute Gasteiger partial charge is 0.418 e. The van der Waals surface area contributed by atoms with Crippen molar-refractivity contribution in [1.29, 1.82) is 0 Å². The van der Waals surface area contributed by atoms with Gasteiger partial charge in [0.2, 0.25) is 0 Å². The van der Waals surface area contributed by atoms with Gasteiger partial charge >= 0.3 is 12.2 Å². The van der Waals surface area contributed by atoms with Gasteiger partial charge in [-0.2, -0.15) is 0 Å². The third kappa shape index (κ3) is 8.47. The molecule has 0 aromatic rings. The molecule has 0 aliphatic carbocycles. The second kappa shape index (κ2) is 11.5. The Labute approximate surface area is 122 Å². The summed E-state index contributed by atoms with van der Waals surface area (Å²) >= 11 is 0.754. The fraction of sp³-hybridized carbons (Fsp3) is 0.800. The molecule has 0 atom stereocenters. The predicted molar refractivity (Wildman–Crippen MR) is 66.9 cm³/mol. The average molecular weight is 323 g/mol. The van der Waals surface area contributed by atoms with E-state index in [0.717, 1.165) is 46.4 Å². The van der Waals surface area contributed by atoms with E-state index < -0.39 is 12.2 Å². The van der Waals surface area contributed by atoms with Gasteiger partial charge in [0.05, 0.1) is 12.1 Å². The molecule has 2 amide bonds. The van der Waals surface area contributed by atoms with Crippen LogP contribution in [0.25, 0.3) is 0 Å². The predicted octanol–water partition coefficient (Wildman–Crippen LogP) is 3.11. The van der Waals surface area contributed by atoms with E-state index in [9.17, 15) is 9.59 Å². The molecule has 0 radical (unpaired) electrons. The van der Waals surface area contributed by atoms with Gasteiger partial charge in [0, 0.05) is 29.6 Å². The maximum Gasteiger partial charge on any atom is 0.418 e. The minimum absolute atomic E-state index is 0. The van der Waals surface area contributed by atoms with Gasteiger partial charge < -0.3 is 10.2 Å². The zero-order valence-electron chi connectivity index (χ0n) is 10.6. The van der Waals surface area contributed by atoms with Gasteiger partial charge in [0.25, 0.3) is 0 Å². The molecular weight excluding hydrogens is 303 g/mol. The minimum Gasteiger partial charge on any atom is -0.464 e. The molecule has 6 nitrogen and oxygen atoms in total. The summed E-state index contributed by atoms with van der Waals surface area (Å²) in [4.78, 5) is 21.8. The topological polar surface area (TPSA) is 81.1 Å². The maximum absolute atomic E-state index is 10.9. The van der Waals surface area contributed by atoms with E-state index in [0.29, 0.717) is 13.1 Å². The molecule has 0 bridgehead atoms. The van der Waals surface area contributed by atoms with Crippen molar-refractivity contribution in [2.75, 3.05) is 13.1 Å². The van der Waals surface area contributed by atoms with Gasteiger partial charge in [0.1, 0.15) is 0 Å².